The summed E-state index contributed by atoms with van der Waals surface area (Å²) in [6.07, 6.45) is 2.18. The van der Waals surface area contributed by atoms with E-state index < -0.39 is 0 Å². The zero-order valence-corrected chi connectivity index (χ0v) is 11.0. The van der Waals surface area contributed by atoms with E-state index in [2.05, 4.69) is 52.0 Å². The van der Waals surface area contributed by atoms with Crippen LogP contribution in [0.5, 0.6) is 0 Å². The average molecular weight is 219 g/mol. The van der Waals surface area contributed by atoms with Crippen LogP contribution in [0.4, 0.5) is 0 Å². The zero-order chi connectivity index (χ0) is 12.1. The molecule has 1 heteroatoms. The summed E-state index contributed by atoms with van der Waals surface area (Å²) in [7, 11) is 0. The molecular formula is C15H25N. The molecule has 0 fully saturated rings. The van der Waals surface area contributed by atoms with Gasteiger partial charge in [0, 0.05) is 6.04 Å². The largest absolute Gasteiger partial charge is 0.327 e. The van der Waals surface area contributed by atoms with Crippen LogP contribution in [0, 0.1) is 5.92 Å². The molecule has 0 aliphatic rings. The molecule has 1 rings (SSSR count). The van der Waals surface area contributed by atoms with Crippen LogP contribution in [0.3, 0.4) is 0 Å². The van der Waals surface area contributed by atoms with E-state index in [9.17, 15) is 0 Å². The molecule has 0 aromatic heterocycles. The smallest absolute Gasteiger partial charge is 0.0102 e. The second kappa shape index (κ2) is 6.05. The maximum Gasteiger partial charge on any atom is 0.0102 e. The van der Waals surface area contributed by atoms with Gasteiger partial charge in [-0.1, -0.05) is 52.0 Å². The van der Waals surface area contributed by atoms with E-state index in [1.54, 1.807) is 0 Å². The Morgan fingerprint density at radius 2 is 1.62 bits per heavy atom. The predicted molar refractivity (Wildman–Crippen MR) is 71.7 cm³/mol. The van der Waals surface area contributed by atoms with Gasteiger partial charge in [0.05, 0.1) is 0 Å². The second-order valence-electron chi connectivity index (χ2n) is 5.16. The topological polar surface area (TPSA) is 26.0 Å². The third-order valence-electron chi connectivity index (χ3n) is 3.49. The van der Waals surface area contributed by atoms with Crippen LogP contribution < -0.4 is 5.73 Å². The Kier molecular flexibility index (Phi) is 5.01. The van der Waals surface area contributed by atoms with Gasteiger partial charge in [-0.05, 0) is 35.8 Å². The van der Waals surface area contributed by atoms with Gasteiger partial charge in [0.2, 0.25) is 0 Å². The highest BCUT2D eigenvalue weighted by atomic mass is 14.6. The minimum Gasteiger partial charge on any atom is -0.327 e. The number of nitrogens with two attached hydrogens (primary N) is 1. The first-order valence-corrected chi connectivity index (χ1v) is 6.39. The van der Waals surface area contributed by atoms with Gasteiger partial charge in [0.25, 0.3) is 0 Å². The Morgan fingerprint density at radius 1 is 1.06 bits per heavy atom. The number of rotatable bonds is 5. The van der Waals surface area contributed by atoms with Gasteiger partial charge in [0.15, 0.2) is 0 Å². The lowest BCUT2D eigenvalue weighted by Crippen LogP contribution is -2.28. The molecule has 2 unspecified atom stereocenters. The molecule has 0 spiro atoms. The van der Waals surface area contributed by atoms with Crippen molar-refractivity contribution < 1.29 is 0 Å². The SMILES string of the molecule is CCC(C)c1ccc(CC(N)C(C)C)cc1. The quantitative estimate of drug-likeness (QED) is 0.802. The Morgan fingerprint density at radius 3 is 2.06 bits per heavy atom. The zero-order valence-electron chi connectivity index (χ0n) is 11.0. The van der Waals surface area contributed by atoms with Gasteiger partial charge in [-0.2, -0.15) is 0 Å². The number of hydrogen-bond acceptors (Lipinski definition) is 1. The molecule has 2 atom stereocenters. The van der Waals surface area contributed by atoms with Crippen molar-refractivity contribution in [1.82, 2.24) is 0 Å². The molecule has 16 heavy (non-hydrogen) atoms. The van der Waals surface area contributed by atoms with Crippen molar-refractivity contribution >= 4 is 0 Å². The molecule has 0 saturated heterocycles. The van der Waals surface area contributed by atoms with Crippen LogP contribution in [-0.4, -0.2) is 6.04 Å². The molecule has 0 heterocycles. The highest BCUT2D eigenvalue weighted by Crippen LogP contribution is 2.19. The first-order valence-electron chi connectivity index (χ1n) is 6.39. The van der Waals surface area contributed by atoms with Crippen molar-refractivity contribution in [2.75, 3.05) is 0 Å². The van der Waals surface area contributed by atoms with Crippen molar-refractivity contribution in [3.63, 3.8) is 0 Å². The monoisotopic (exact) mass is 219 g/mol. The minimum atomic E-state index is 0.273. The van der Waals surface area contributed by atoms with Crippen LogP contribution in [0.15, 0.2) is 24.3 Å². The van der Waals surface area contributed by atoms with E-state index in [-0.39, 0.29) is 6.04 Å². The number of benzene rings is 1. The number of hydrogen-bond donors (Lipinski definition) is 1. The van der Waals surface area contributed by atoms with Crippen molar-refractivity contribution in [2.45, 2.75) is 52.5 Å². The fourth-order valence-electron chi connectivity index (χ4n) is 1.73. The van der Waals surface area contributed by atoms with Crippen molar-refractivity contribution in [3.05, 3.63) is 35.4 Å². The molecule has 0 aliphatic carbocycles. The lowest BCUT2D eigenvalue weighted by molar-refractivity contribution is 0.490. The molecule has 0 bridgehead atoms. The Bertz CT molecular complexity index is 300. The average Bonchev–Trinajstić information content (AvgIpc) is 2.28. The Hall–Kier alpha value is -0.820. The van der Waals surface area contributed by atoms with E-state index in [1.165, 1.54) is 17.5 Å². The van der Waals surface area contributed by atoms with Crippen molar-refractivity contribution in [2.24, 2.45) is 11.7 Å². The maximum atomic E-state index is 6.07. The summed E-state index contributed by atoms with van der Waals surface area (Å²) in [6.45, 7) is 8.86. The first-order chi connectivity index (χ1) is 7.54. The van der Waals surface area contributed by atoms with Crippen LogP contribution >= 0.6 is 0 Å². The van der Waals surface area contributed by atoms with Crippen LogP contribution in [0.25, 0.3) is 0 Å². The van der Waals surface area contributed by atoms with Gasteiger partial charge < -0.3 is 5.73 Å². The highest BCUT2D eigenvalue weighted by molar-refractivity contribution is 5.25. The fourth-order valence-corrected chi connectivity index (χ4v) is 1.73. The summed E-state index contributed by atoms with van der Waals surface area (Å²) in [5.74, 6) is 1.21. The van der Waals surface area contributed by atoms with E-state index in [1.807, 2.05) is 0 Å². The summed E-state index contributed by atoms with van der Waals surface area (Å²) < 4.78 is 0. The molecule has 0 amide bonds. The van der Waals surface area contributed by atoms with Gasteiger partial charge in [-0.15, -0.1) is 0 Å². The molecule has 90 valence electrons. The van der Waals surface area contributed by atoms with E-state index >= 15 is 0 Å². The molecule has 1 aromatic carbocycles. The van der Waals surface area contributed by atoms with Gasteiger partial charge in [-0.25, -0.2) is 0 Å². The van der Waals surface area contributed by atoms with Crippen molar-refractivity contribution in [3.8, 4) is 0 Å². The summed E-state index contributed by atoms with van der Waals surface area (Å²) in [5, 5.41) is 0. The Labute approximate surface area is 100 Å². The van der Waals surface area contributed by atoms with Gasteiger partial charge in [-0.3, -0.25) is 0 Å². The molecule has 1 aromatic rings. The van der Waals surface area contributed by atoms with Crippen LogP contribution in [-0.2, 0) is 6.42 Å². The molecule has 0 radical (unpaired) electrons. The Balaban J connectivity index is 2.64. The summed E-state index contributed by atoms with van der Waals surface area (Å²) in [6, 6.07) is 9.22. The van der Waals surface area contributed by atoms with Gasteiger partial charge in [0.1, 0.15) is 0 Å². The predicted octanol–water partition coefficient (Wildman–Crippen LogP) is 3.73. The minimum absolute atomic E-state index is 0.273. The molecular weight excluding hydrogens is 194 g/mol. The van der Waals surface area contributed by atoms with E-state index in [0.717, 1.165) is 6.42 Å². The van der Waals surface area contributed by atoms with Crippen molar-refractivity contribution in [1.29, 1.82) is 0 Å². The molecule has 0 saturated carbocycles. The molecule has 2 N–H and O–H groups in total. The second-order valence-corrected chi connectivity index (χ2v) is 5.16. The van der Waals surface area contributed by atoms with Crippen LogP contribution in [0.2, 0.25) is 0 Å². The fraction of sp³-hybridized carbons (Fsp3) is 0.600. The van der Waals surface area contributed by atoms with Crippen LogP contribution in [0.1, 0.15) is 51.2 Å². The molecule has 0 aliphatic heterocycles. The molecule has 1 nitrogen and oxygen atoms in total. The summed E-state index contributed by atoms with van der Waals surface area (Å²) in [4.78, 5) is 0. The lowest BCUT2D eigenvalue weighted by Gasteiger charge is -2.16. The maximum absolute atomic E-state index is 6.07. The van der Waals surface area contributed by atoms with E-state index in [0.29, 0.717) is 11.8 Å². The summed E-state index contributed by atoms with van der Waals surface area (Å²) in [5.41, 5.74) is 8.86. The van der Waals surface area contributed by atoms with E-state index in [4.69, 9.17) is 5.73 Å². The summed E-state index contributed by atoms with van der Waals surface area (Å²) >= 11 is 0. The normalized spacial score (nSPS) is 15.1. The van der Waals surface area contributed by atoms with Gasteiger partial charge >= 0.3 is 0 Å². The highest BCUT2D eigenvalue weighted by Gasteiger charge is 2.09. The third kappa shape index (κ3) is 3.64. The first kappa shape index (κ1) is 13.2. The third-order valence-corrected chi connectivity index (χ3v) is 3.49. The standard InChI is InChI=1S/C15H25N/c1-5-12(4)14-8-6-13(7-9-14)10-15(16)11(2)3/h6-9,11-12,15H,5,10,16H2,1-4H3. The lowest BCUT2D eigenvalue weighted by atomic mass is 9.94.